The molecule has 1 heterocycles. The van der Waals surface area contributed by atoms with E-state index < -0.39 is 0 Å². The molecule has 15 heavy (non-hydrogen) atoms. The van der Waals surface area contributed by atoms with Crippen LogP contribution in [0.15, 0.2) is 21.3 Å². The molecule has 1 unspecified atom stereocenters. The van der Waals surface area contributed by atoms with Gasteiger partial charge in [0.1, 0.15) is 17.3 Å². The van der Waals surface area contributed by atoms with Crippen LogP contribution in [0.2, 0.25) is 0 Å². The molecule has 3 heteroatoms. The second-order valence-corrected chi connectivity index (χ2v) is 3.56. The largest absolute Gasteiger partial charge is 0.465 e. The number of carbonyl (C=O) groups is 1. The lowest BCUT2D eigenvalue weighted by Gasteiger charge is -2.08. The minimum Gasteiger partial charge on any atom is -0.465 e. The minimum absolute atomic E-state index is 0.0893. The SMILES string of the molecule is CCC(=O)C(C)c1cc(=O)cc(CC)o1. The Kier molecular flexibility index (Phi) is 3.83. The van der Waals surface area contributed by atoms with Crippen LogP contribution in [0.4, 0.5) is 0 Å². The van der Waals surface area contributed by atoms with Crippen LogP contribution in [0.3, 0.4) is 0 Å². The normalized spacial score (nSPS) is 12.5. The molecule has 0 saturated heterocycles. The third-order valence-corrected chi connectivity index (χ3v) is 2.44. The lowest BCUT2D eigenvalue weighted by atomic mass is 10.0. The zero-order valence-electron chi connectivity index (χ0n) is 9.37. The summed E-state index contributed by atoms with van der Waals surface area (Å²) in [7, 11) is 0. The second-order valence-electron chi connectivity index (χ2n) is 3.56. The molecule has 1 aromatic rings. The molecular formula is C12H16O3. The maximum absolute atomic E-state index is 11.5. The van der Waals surface area contributed by atoms with E-state index in [-0.39, 0.29) is 17.1 Å². The predicted molar refractivity (Wildman–Crippen MR) is 58.1 cm³/mol. The van der Waals surface area contributed by atoms with Gasteiger partial charge in [-0.25, -0.2) is 0 Å². The average Bonchev–Trinajstić information content (AvgIpc) is 2.26. The van der Waals surface area contributed by atoms with Gasteiger partial charge in [0.05, 0.1) is 5.92 Å². The zero-order chi connectivity index (χ0) is 11.4. The van der Waals surface area contributed by atoms with Crippen LogP contribution in [-0.2, 0) is 11.2 Å². The lowest BCUT2D eigenvalue weighted by Crippen LogP contribution is -2.11. The first-order valence-corrected chi connectivity index (χ1v) is 5.25. The minimum atomic E-state index is -0.325. The molecule has 0 radical (unpaired) electrons. The Morgan fingerprint density at radius 3 is 2.60 bits per heavy atom. The van der Waals surface area contributed by atoms with Gasteiger partial charge in [0.25, 0.3) is 0 Å². The zero-order valence-corrected chi connectivity index (χ0v) is 9.37. The summed E-state index contributed by atoms with van der Waals surface area (Å²) < 4.78 is 5.47. The van der Waals surface area contributed by atoms with Crippen molar-refractivity contribution in [3.63, 3.8) is 0 Å². The second kappa shape index (κ2) is 4.91. The first-order chi connectivity index (χ1) is 7.08. The van der Waals surface area contributed by atoms with E-state index in [2.05, 4.69) is 0 Å². The molecule has 1 rings (SSSR count). The first-order valence-electron chi connectivity index (χ1n) is 5.25. The molecule has 0 aliphatic heterocycles. The fourth-order valence-corrected chi connectivity index (χ4v) is 1.40. The summed E-state index contributed by atoms with van der Waals surface area (Å²) >= 11 is 0. The topological polar surface area (TPSA) is 47.3 Å². The van der Waals surface area contributed by atoms with Crippen molar-refractivity contribution in [2.24, 2.45) is 0 Å². The summed E-state index contributed by atoms with van der Waals surface area (Å²) in [5.74, 6) is 0.875. The van der Waals surface area contributed by atoms with Crippen LogP contribution >= 0.6 is 0 Å². The number of ketones is 1. The van der Waals surface area contributed by atoms with Crippen LogP contribution in [-0.4, -0.2) is 5.78 Å². The molecule has 0 N–H and O–H groups in total. The Balaban J connectivity index is 3.08. The molecule has 82 valence electrons. The summed E-state index contributed by atoms with van der Waals surface area (Å²) in [5.41, 5.74) is -0.0937. The molecule has 0 aromatic carbocycles. The van der Waals surface area contributed by atoms with Crippen LogP contribution in [0, 0.1) is 0 Å². The first kappa shape index (κ1) is 11.7. The summed E-state index contributed by atoms with van der Waals surface area (Å²) in [5, 5.41) is 0. The molecule has 1 atom stereocenters. The molecule has 0 aliphatic rings. The van der Waals surface area contributed by atoms with E-state index in [1.807, 2.05) is 6.92 Å². The van der Waals surface area contributed by atoms with Gasteiger partial charge in [0.2, 0.25) is 0 Å². The molecule has 0 aliphatic carbocycles. The van der Waals surface area contributed by atoms with Gasteiger partial charge < -0.3 is 4.42 Å². The van der Waals surface area contributed by atoms with Gasteiger partial charge in [0.15, 0.2) is 5.43 Å². The maximum atomic E-state index is 11.5. The summed E-state index contributed by atoms with van der Waals surface area (Å²) in [4.78, 5) is 22.8. The van der Waals surface area contributed by atoms with Crippen LogP contribution in [0.5, 0.6) is 0 Å². The number of hydrogen-bond acceptors (Lipinski definition) is 3. The monoisotopic (exact) mass is 208 g/mol. The van der Waals surface area contributed by atoms with Crippen molar-refractivity contribution >= 4 is 5.78 Å². The van der Waals surface area contributed by atoms with Gasteiger partial charge in [-0.3, -0.25) is 9.59 Å². The highest BCUT2D eigenvalue weighted by molar-refractivity contribution is 5.84. The van der Waals surface area contributed by atoms with E-state index in [0.29, 0.717) is 24.4 Å². The third kappa shape index (κ3) is 2.78. The number of rotatable bonds is 4. The van der Waals surface area contributed by atoms with E-state index in [4.69, 9.17) is 4.42 Å². The van der Waals surface area contributed by atoms with Crippen LogP contribution in [0.25, 0.3) is 0 Å². The van der Waals surface area contributed by atoms with E-state index in [1.54, 1.807) is 13.8 Å². The van der Waals surface area contributed by atoms with Crippen molar-refractivity contribution in [1.82, 2.24) is 0 Å². The summed E-state index contributed by atoms with van der Waals surface area (Å²) in [6, 6.07) is 2.87. The van der Waals surface area contributed by atoms with Gasteiger partial charge in [-0.15, -0.1) is 0 Å². The van der Waals surface area contributed by atoms with Gasteiger partial charge in [-0.2, -0.15) is 0 Å². The van der Waals surface area contributed by atoms with Crippen LogP contribution < -0.4 is 5.43 Å². The van der Waals surface area contributed by atoms with Crippen molar-refractivity contribution in [2.75, 3.05) is 0 Å². The Morgan fingerprint density at radius 2 is 2.07 bits per heavy atom. The maximum Gasteiger partial charge on any atom is 0.185 e. The van der Waals surface area contributed by atoms with E-state index in [1.165, 1.54) is 12.1 Å². The Bertz CT molecular complexity index is 404. The average molecular weight is 208 g/mol. The number of aryl methyl sites for hydroxylation is 1. The van der Waals surface area contributed by atoms with E-state index in [0.717, 1.165) is 0 Å². The van der Waals surface area contributed by atoms with Crippen molar-refractivity contribution in [3.8, 4) is 0 Å². The summed E-state index contributed by atoms with van der Waals surface area (Å²) in [6.45, 7) is 5.48. The van der Waals surface area contributed by atoms with Crippen molar-refractivity contribution in [3.05, 3.63) is 33.9 Å². The van der Waals surface area contributed by atoms with Gasteiger partial charge in [0, 0.05) is 25.0 Å². The van der Waals surface area contributed by atoms with Gasteiger partial charge >= 0.3 is 0 Å². The highest BCUT2D eigenvalue weighted by atomic mass is 16.3. The predicted octanol–water partition coefficient (Wildman–Crippen LogP) is 2.28. The smallest absolute Gasteiger partial charge is 0.185 e. The fraction of sp³-hybridized carbons (Fsp3) is 0.500. The Hall–Kier alpha value is -1.38. The van der Waals surface area contributed by atoms with E-state index >= 15 is 0 Å². The summed E-state index contributed by atoms with van der Waals surface area (Å²) in [6.07, 6.45) is 1.12. The molecule has 0 amide bonds. The molecule has 0 fully saturated rings. The Labute approximate surface area is 89.1 Å². The van der Waals surface area contributed by atoms with E-state index in [9.17, 15) is 9.59 Å². The van der Waals surface area contributed by atoms with Gasteiger partial charge in [-0.1, -0.05) is 13.8 Å². The number of carbonyl (C=O) groups excluding carboxylic acids is 1. The van der Waals surface area contributed by atoms with Crippen LogP contribution in [0.1, 0.15) is 44.6 Å². The highest BCUT2D eigenvalue weighted by Crippen LogP contribution is 2.17. The molecule has 1 aromatic heterocycles. The Morgan fingerprint density at radius 1 is 1.40 bits per heavy atom. The van der Waals surface area contributed by atoms with Crippen molar-refractivity contribution in [1.29, 1.82) is 0 Å². The number of hydrogen-bond donors (Lipinski definition) is 0. The molecule has 0 saturated carbocycles. The lowest BCUT2D eigenvalue weighted by molar-refractivity contribution is -0.120. The molecule has 3 nitrogen and oxygen atoms in total. The fourth-order valence-electron chi connectivity index (χ4n) is 1.40. The third-order valence-electron chi connectivity index (χ3n) is 2.44. The highest BCUT2D eigenvalue weighted by Gasteiger charge is 2.16. The quantitative estimate of drug-likeness (QED) is 0.762. The molecular weight excluding hydrogens is 192 g/mol. The van der Waals surface area contributed by atoms with Crippen molar-refractivity contribution in [2.45, 2.75) is 39.5 Å². The van der Waals surface area contributed by atoms with Gasteiger partial charge in [-0.05, 0) is 6.92 Å². The molecule has 0 bridgehead atoms. The van der Waals surface area contributed by atoms with Crippen molar-refractivity contribution < 1.29 is 9.21 Å². The standard InChI is InChI=1S/C12H16O3/c1-4-10-6-9(13)7-12(15-10)8(3)11(14)5-2/h6-8H,4-5H2,1-3H3. The molecule has 0 spiro atoms. The number of Topliss-reactive ketones (excluding diaryl/α,β-unsaturated/α-hetero) is 1.